The van der Waals surface area contributed by atoms with E-state index < -0.39 is 0 Å². The first-order valence-electron chi connectivity index (χ1n) is 7.65. The molecule has 0 spiro atoms. The maximum atomic E-state index is 12.4. The van der Waals surface area contributed by atoms with Gasteiger partial charge in [0.05, 0.1) is 0 Å². The molecular formula is C17H18N2O2. The fourth-order valence-corrected chi connectivity index (χ4v) is 3.09. The minimum absolute atomic E-state index is 0.151. The highest BCUT2D eigenvalue weighted by molar-refractivity contribution is 5.96. The van der Waals surface area contributed by atoms with Gasteiger partial charge in [-0.25, -0.2) is 0 Å². The Morgan fingerprint density at radius 3 is 2.48 bits per heavy atom. The van der Waals surface area contributed by atoms with Gasteiger partial charge in [0.1, 0.15) is 5.69 Å². The Bertz CT molecular complexity index is 745. The number of nitrogens with one attached hydrogen (secondary N) is 2. The van der Waals surface area contributed by atoms with E-state index in [0.717, 1.165) is 5.39 Å². The molecule has 1 aromatic carbocycles. The summed E-state index contributed by atoms with van der Waals surface area (Å²) in [6, 6.07) is 9.40. The molecule has 0 atom stereocenters. The lowest BCUT2D eigenvalue weighted by Crippen LogP contribution is -2.39. The summed E-state index contributed by atoms with van der Waals surface area (Å²) in [5.41, 5.74) is 0.164. The monoisotopic (exact) mass is 282 g/mol. The number of hydrogen-bond donors (Lipinski definition) is 2. The first-order chi connectivity index (χ1) is 10.2. The van der Waals surface area contributed by atoms with Gasteiger partial charge in [-0.15, -0.1) is 0 Å². The van der Waals surface area contributed by atoms with Crippen LogP contribution in [0.3, 0.4) is 0 Å². The minimum Gasteiger partial charge on any atom is -0.347 e. The molecule has 2 saturated carbocycles. The Balaban J connectivity index is 1.62. The summed E-state index contributed by atoms with van der Waals surface area (Å²) in [7, 11) is 0. The Morgan fingerprint density at radius 1 is 1.14 bits per heavy atom. The quantitative estimate of drug-likeness (QED) is 0.904. The lowest BCUT2D eigenvalue weighted by molar-refractivity contribution is 0.0921. The summed E-state index contributed by atoms with van der Waals surface area (Å²) in [6.07, 6.45) is 4.87. The van der Waals surface area contributed by atoms with Crippen molar-refractivity contribution in [1.29, 1.82) is 0 Å². The molecule has 2 aliphatic rings. The summed E-state index contributed by atoms with van der Waals surface area (Å²) < 4.78 is 0. The lowest BCUT2D eigenvalue weighted by atomic mass is 10.1. The maximum absolute atomic E-state index is 12.4. The summed E-state index contributed by atoms with van der Waals surface area (Å²) in [5, 5.41) is 4.57. The highest BCUT2D eigenvalue weighted by atomic mass is 16.2. The zero-order valence-electron chi connectivity index (χ0n) is 11.8. The standard InChI is InChI=1S/C17H18N2O2/c20-16-13-4-2-1-3-12(13)9-14(18-16)17(21)19-15(10-5-6-10)11-7-8-11/h1-4,9-11,15H,5-8H2,(H,18,20)(H,19,21). The summed E-state index contributed by atoms with van der Waals surface area (Å²) in [4.78, 5) is 27.2. The van der Waals surface area contributed by atoms with E-state index >= 15 is 0 Å². The van der Waals surface area contributed by atoms with Crippen LogP contribution in [0.5, 0.6) is 0 Å². The number of rotatable bonds is 4. The van der Waals surface area contributed by atoms with Gasteiger partial charge in [0, 0.05) is 11.4 Å². The number of amides is 1. The van der Waals surface area contributed by atoms with E-state index in [0.29, 0.717) is 29.0 Å². The number of carbonyl (C=O) groups is 1. The van der Waals surface area contributed by atoms with E-state index in [9.17, 15) is 9.59 Å². The fraction of sp³-hybridized carbons (Fsp3) is 0.412. The highest BCUT2D eigenvalue weighted by Gasteiger charge is 2.42. The number of hydrogen-bond acceptors (Lipinski definition) is 2. The highest BCUT2D eigenvalue weighted by Crippen LogP contribution is 2.44. The van der Waals surface area contributed by atoms with Crippen LogP contribution in [0, 0.1) is 11.8 Å². The van der Waals surface area contributed by atoms with E-state index in [-0.39, 0.29) is 11.5 Å². The zero-order chi connectivity index (χ0) is 14.4. The van der Waals surface area contributed by atoms with Crippen molar-refractivity contribution < 1.29 is 4.79 Å². The molecule has 0 aliphatic heterocycles. The Labute approximate surface area is 122 Å². The van der Waals surface area contributed by atoms with Crippen LogP contribution in [0.2, 0.25) is 0 Å². The van der Waals surface area contributed by atoms with Gasteiger partial charge in [0.2, 0.25) is 0 Å². The third-order valence-corrected chi connectivity index (χ3v) is 4.56. The number of aromatic amines is 1. The van der Waals surface area contributed by atoms with Gasteiger partial charge in [-0.2, -0.15) is 0 Å². The third-order valence-electron chi connectivity index (χ3n) is 4.56. The SMILES string of the molecule is O=C(NC(C1CC1)C1CC1)c1cc2ccccc2c(=O)[nH]1. The van der Waals surface area contributed by atoms with Crippen molar-refractivity contribution in [3.63, 3.8) is 0 Å². The molecule has 0 radical (unpaired) electrons. The average Bonchev–Trinajstić information content (AvgIpc) is 3.38. The number of aromatic nitrogens is 1. The fourth-order valence-electron chi connectivity index (χ4n) is 3.09. The molecule has 2 N–H and O–H groups in total. The van der Waals surface area contributed by atoms with Crippen molar-refractivity contribution in [2.45, 2.75) is 31.7 Å². The molecule has 108 valence electrons. The molecule has 2 fully saturated rings. The van der Waals surface area contributed by atoms with Crippen molar-refractivity contribution in [1.82, 2.24) is 10.3 Å². The van der Waals surface area contributed by atoms with Crippen LogP contribution in [0.1, 0.15) is 36.2 Å². The molecule has 4 heteroatoms. The Hall–Kier alpha value is -2.10. The van der Waals surface area contributed by atoms with Gasteiger partial charge >= 0.3 is 0 Å². The molecule has 1 aromatic heterocycles. The summed E-state index contributed by atoms with van der Waals surface area (Å²) in [6.45, 7) is 0. The van der Waals surface area contributed by atoms with Crippen molar-refractivity contribution in [2.24, 2.45) is 11.8 Å². The lowest BCUT2D eigenvalue weighted by Gasteiger charge is -2.17. The molecule has 1 heterocycles. The Kier molecular flexibility index (Phi) is 2.84. The number of carbonyl (C=O) groups excluding carboxylic acids is 1. The largest absolute Gasteiger partial charge is 0.347 e. The molecule has 0 bridgehead atoms. The van der Waals surface area contributed by atoms with Gasteiger partial charge in [0.15, 0.2) is 0 Å². The number of fused-ring (bicyclic) bond motifs is 1. The van der Waals surface area contributed by atoms with Crippen LogP contribution in [0.25, 0.3) is 10.8 Å². The minimum atomic E-state index is -0.201. The molecular weight excluding hydrogens is 264 g/mol. The van der Waals surface area contributed by atoms with Crippen molar-refractivity contribution >= 4 is 16.7 Å². The first-order valence-corrected chi connectivity index (χ1v) is 7.65. The van der Waals surface area contributed by atoms with Gasteiger partial charge in [-0.1, -0.05) is 18.2 Å². The molecule has 2 aromatic rings. The predicted molar refractivity (Wildman–Crippen MR) is 81.3 cm³/mol. The molecule has 0 unspecified atom stereocenters. The second-order valence-electron chi connectivity index (χ2n) is 6.27. The molecule has 4 rings (SSSR count). The number of benzene rings is 1. The van der Waals surface area contributed by atoms with E-state index in [2.05, 4.69) is 10.3 Å². The number of H-pyrrole nitrogens is 1. The molecule has 2 aliphatic carbocycles. The number of pyridine rings is 1. The predicted octanol–water partition coefficient (Wildman–Crippen LogP) is 2.45. The topological polar surface area (TPSA) is 62.0 Å². The van der Waals surface area contributed by atoms with Crippen molar-refractivity contribution in [3.05, 3.63) is 46.4 Å². The second kappa shape index (κ2) is 4.72. The molecule has 21 heavy (non-hydrogen) atoms. The van der Waals surface area contributed by atoms with Crippen molar-refractivity contribution in [2.75, 3.05) is 0 Å². The molecule has 4 nitrogen and oxygen atoms in total. The van der Waals surface area contributed by atoms with Gasteiger partial charge in [-0.3, -0.25) is 9.59 Å². The molecule has 1 amide bonds. The third kappa shape index (κ3) is 2.46. The maximum Gasteiger partial charge on any atom is 0.268 e. The van der Waals surface area contributed by atoms with Crippen LogP contribution < -0.4 is 10.9 Å². The zero-order valence-corrected chi connectivity index (χ0v) is 11.8. The second-order valence-corrected chi connectivity index (χ2v) is 6.27. The van der Waals surface area contributed by atoms with Crippen LogP contribution in [0.15, 0.2) is 35.1 Å². The average molecular weight is 282 g/mol. The van der Waals surface area contributed by atoms with Crippen LogP contribution in [-0.4, -0.2) is 16.9 Å². The smallest absolute Gasteiger partial charge is 0.268 e. The van der Waals surface area contributed by atoms with Crippen LogP contribution in [0.4, 0.5) is 0 Å². The molecule has 0 saturated heterocycles. The van der Waals surface area contributed by atoms with Gasteiger partial charge in [-0.05, 0) is 55.0 Å². The van der Waals surface area contributed by atoms with Crippen LogP contribution in [-0.2, 0) is 0 Å². The summed E-state index contributed by atoms with van der Waals surface area (Å²) in [5.74, 6) is 1.14. The van der Waals surface area contributed by atoms with E-state index in [4.69, 9.17) is 0 Å². The van der Waals surface area contributed by atoms with Crippen LogP contribution >= 0.6 is 0 Å². The Morgan fingerprint density at radius 2 is 1.81 bits per heavy atom. The normalized spacial score (nSPS) is 18.1. The van der Waals surface area contributed by atoms with E-state index in [1.165, 1.54) is 25.7 Å². The van der Waals surface area contributed by atoms with E-state index in [1.54, 1.807) is 12.1 Å². The van der Waals surface area contributed by atoms with E-state index in [1.807, 2.05) is 18.2 Å². The van der Waals surface area contributed by atoms with Crippen molar-refractivity contribution in [3.8, 4) is 0 Å². The summed E-state index contributed by atoms with van der Waals surface area (Å²) >= 11 is 0. The van der Waals surface area contributed by atoms with Gasteiger partial charge < -0.3 is 10.3 Å². The van der Waals surface area contributed by atoms with Gasteiger partial charge in [0.25, 0.3) is 11.5 Å². The first kappa shape index (κ1) is 12.6.